The van der Waals surface area contributed by atoms with Crippen molar-refractivity contribution >= 4 is 32.8 Å². The van der Waals surface area contributed by atoms with Gasteiger partial charge in [-0.25, -0.2) is 4.98 Å². The molecule has 0 aliphatic heterocycles. The molecule has 3 nitrogen and oxygen atoms in total. The summed E-state index contributed by atoms with van der Waals surface area (Å²) in [5.41, 5.74) is 3.77. The van der Waals surface area contributed by atoms with E-state index in [0.29, 0.717) is 5.65 Å². The van der Waals surface area contributed by atoms with Crippen molar-refractivity contribution in [2.24, 2.45) is 0 Å². The second-order valence-electron chi connectivity index (χ2n) is 4.77. The minimum atomic E-state index is 0.704. The standard InChI is InChI=1S/C16H11N3/c1-10-6-7-12-13-9-11-4-2-3-5-14(11)17-16(13)19-18-15(12)8-10/h2-9H,1H3. The van der Waals surface area contributed by atoms with E-state index in [0.717, 1.165) is 27.2 Å². The van der Waals surface area contributed by atoms with E-state index in [9.17, 15) is 0 Å². The van der Waals surface area contributed by atoms with Gasteiger partial charge in [-0.3, -0.25) is 0 Å². The van der Waals surface area contributed by atoms with E-state index >= 15 is 0 Å². The van der Waals surface area contributed by atoms with Crippen molar-refractivity contribution in [3.8, 4) is 0 Å². The smallest absolute Gasteiger partial charge is 0.183 e. The summed E-state index contributed by atoms with van der Waals surface area (Å²) in [6, 6.07) is 16.5. The number of aryl methyl sites for hydroxylation is 1. The molecule has 0 unspecified atom stereocenters. The molecule has 4 rings (SSSR count). The van der Waals surface area contributed by atoms with Crippen LogP contribution in [-0.2, 0) is 0 Å². The van der Waals surface area contributed by atoms with E-state index in [1.54, 1.807) is 0 Å². The molecular weight excluding hydrogens is 234 g/mol. The molecule has 0 saturated carbocycles. The van der Waals surface area contributed by atoms with Crippen LogP contribution in [0.3, 0.4) is 0 Å². The molecule has 0 spiro atoms. The molecule has 0 aliphatic rings. The van der Waals surface area contributed by atoms with Crippen molar-refractivity contribution in [3.63, 3.8) is 0 Å². The Morgan fingerprint density at radius 1 is 0.789 bits per heavy atom. The Morgan fingerprint density at radius 2 is 1.68 bits per heavy atom. The van der Waals surface area contributed by atoms with Gasteiger partial charge in [0, 0.05) is 16.2 Å². The van der Waals surface area contributed by atoms with Crippen molar-refractivity contribution in [2.75, 3.05) is 0 Å². The van der Waals surface area contributed by atoms with Gasteiger partial charge in [-0.05, 0) is 30.7 Å². The van der Waals surface area contributed by atoms with Crippen LogP contribution in [0.15, 0.2) is 48.5 Å². The Morgan fingerprint density at radius 3 is 2.63 bits per heavy atom. The molecule has 0 radical (unpaired) electrons. The second kappa shape index (κ2) is 3.72. The van der Waals surface area contributed by atoms with Crippen LogP contribution in [0.25, 0.3) is 32.8 Å². The zero-order chi connectivity index (χ0) is 12.8. The van der Waals surface area contributed by atoms with Gasteiger partial charge >= 0.3 is 0 Å². The Labute approximate surface area is 109 Å². The fourth-order valence-electron chi connectivity index (χ4n) is 2.43. The fraction of sp³-hybridized carbons (Fsp3) is 0.0625. The summed E-state index contributed by atoms with van der Waals surface area (Å²) in [7, 11) is 0. The minimum Gasteiger partial charge on any atom is -0.226 e. The van der Waals surface area contributed by atoms with Gasteiger partial charge in [0.25, 0.3) is 0 Å². The Kier molecular flexibility index (Phi) is 2.03. The van der Waals surface area contributed by atoms with Crippen LogP contribution in [0.1, 0.15) is 5.56 Å². The average molecular weight is 245 g/mol. The number of aromatic nitrogens is 3. The third kappa shape index (κ3) is 1.55. The van der Waals surface area contributed by atoms with E-state index in [1.165, 1.54) is 5.56 Å². The van der Waals surface area contributed by atoms with Crippen LogP contribution in [-0.4, -0.2) is 15.2 Å². The molecule has 0 aliphatic carbocycles. The summed E-state index contributed by atoms with van der Waals surface area (Å²) >= 11 is 0. The zero-order valence-corrected chi connectivity index (χ0v) is 10.5. The van der Waals surface area contributed by atoms with Crippen molar-refractivity contribution in [1.29, 1.82) is 0 Å². The lowest BCUT2D eigenvalue weighted by atomic mass is 10.1. The Hall–Kier alpha value is -2.55. The number of pyridine rings is 1. The van der Waals surface area contributed by atoms with Gasteiger partial charge in [-0.1, -0.05) is 30.3 Å². The Balaban J connectivity index is 2.22. The number of rotatable bonds is 0. The topological polar surface area (TPSA) is 38.7 Å². The normalized spacial score (nSPS) is 11.4. The lowest BCUT2D eigenvalue weighted by Gasteiger charge is -2.04. The first-order chi connectivity index (χ1) is 9.31. The lowest BCUT2D eigenvalue weighted by Crippen LogP contribution is -1.91. The van der Waals surface area contributed by atoms with Gasteiger partial charge in [0.15, 0.2) is 5.65 Å². The minimum absolute atomic E-state index is 0.704. The molecule has 0 saturated heterocycles. The summed E-state index contributed by atoms with van der Waals surface area (Å²) in [4.78, 5) is 4.58. The third-order valence-corrected chi connectivity index (χ3v) is 3.40. The van der Waals surface area contributed by atoms with E-state index in [-0.39, 0.29) is 0 Å². The molecule has 3 heteroatoms. The van der Waals surface area contributed by atoms with Crippen molar-refractivity contribution < 1.29 is 0 Å². The molecule has 2 aromatic carbocycles. The predicted molar refractivity (Wildman–Crippen MR) is 77.1 cm³/mol. The molecule has 0 bridgehead atoms. The molecular formula is C16H11N3. The number of hydrogen-bond acceptors (Lipinski definition) is 3. The quantitative estimate of drug-likeness (QED) is 0.350. The highest BCUT2D eigenvalue weighted by Crippen LogP contribution is 2.24. The molecule has 19 heavy (non-hydrogen) atoms. The van der Waals surface area contributed by atoms with Crippen molar-refractivity contribution in [3.05, 3.63) is 54.1 Å². The molecule has 0 fully saturated rings. The van der Waals surface area contributed by atoms with Gasteiger partial charge < -0.3 is 0 Å². The van der Waals surface area contributed by atoms with Gasteiger partial charge in [0.05, 0.1) is 11.0 Å². The summed E-state index contributed by atoms with van der Waals surface area (Å²) < 4.78 is 0. The van der Waals surface area contributed by atoms with Crippen LogP contribution in [0.2, 0.25) is 0 Å². The van der Waals surface area contributed by atoms with Crippen LogP contribution in [0.5, 0.6) is 0 Å². The third-order valence-electron chi connectivity index (χ3n) is 3.40. The highest BCUT2D eigenvalue weighted by molar-refractivity contribution is 6.06. The number of hydrogen-bond donors (Lipinski definition) is 0. The second-order valence-corrected chi connectivity index (χ2v) is 4.77. The summed E-state index contributed by atoms with van der Waals surface area (Å²) in [6.07, 6.45) is 0. The van der Waals surface area contributed by atoms with Crippen LogP contribution >= 0.6 is 0 Å². The Bertz CT molecular complexity index is 929. The molecule has 0 N–H and O–H groups in total. The van der Waals surface area contributed by atoms with E-state index < -0.39 is 0 Å². The average Bonchev–Trinajstić information content (AvgIpc) is 2.44. The van der Waals surface area contributed by atoms with Crippen molar-refractivity contribution in [2.45, 2.75) is 6.92 Å². The van der Waals surface area contributed by atoms with E-state index in [2.05, 4.69) is 52.4 Å². The fourth-order valence-corrected chi connectivity index (χ4v) is 2.43. The predicted octanol–water partition coefficient (Wildman–Crippen LogP) is 3.64. The van der Waals surface area contributed by atoms with Crippen LogP contribution < -0.4 is 0 Å². The first-order valence-corrected chi connectivity index (χ1v) is 6.24. The SMILES string of the molecule is Cc1ccc2c(c1)nnc1nc3ccccc3cc12. The monoisotopic (exact) mass is 245 g/mol. The maximum absolute atomic E-state index is 4.58. The van der Waals surface area contributed by atoms with Gasteiger partial charge in [-0.2, -0.15) is 0 Å². The maximum atomic E-state index is 4.58. The number of fused-ring (bicyclic) bond motifs is 4. The maximum Gasteiger partial charge on any atom is 0.183 e. The summed E-state index contributed by atoms with van der Waals surface area (Å²) in [6.45, 7) is 2.06. The van der Waals surface area contributed by atoms with Crippen molar-refractivity contribution in [1.82, 2.24) is 15.2 Å². The highest BCUT2D eigenvalue weighted by Gasteiger charge is 2.06. The van der Waals surface area contributed by atoms with Gasteiger partial charge in [0.2, 0.25) is 0 Å². The number of benzene rings is 2. The molecule has 4 aromatic rings. The largest absolute Gasteiger partial charge is 0.226 e. The highest BCUT2D eigenvalue weighted by atomic mass is 15.1. The summed E-state index contributed by atoms with van der Waals surface area (Å²) in [5, 5.41) is 11.8. The number of para-hydroxylation sites is 1. The van der Waals surface area contributed by atoms with Crippen LogP contribution in [0.4, 0.5) is 0 Å². The lowest BCUT2D eigenvalue weighted by molar-refractivity contribution is 1.10. The molecule has 2 heterocycles. The number of nitrogens with zero attached hydrogens (tertiary/aromatic N) is 3. The molecule has 0 atom stereocenters. The van der Waals surface area contributed by atoms with E-state index in [4.69, 9.17) is 0 Å². The zero-order valence-electron chi connectivity index (χ0n) is 10.5. The molecule has 0 amide bonds. The molecule has 90 valence electrons. The first-order valence-electron chi connectivity index (χ1n) is 6.24. The molecule has 2 aromatic heterocycles. The van der Waals surface area contributed by atoms with E-state index in [1.807, 2.05) is 18.2 Å². The summed E-state index contributed by atoms with van der Waals surface area (Å²) in [5.74, 6) is 0. The van der Waals surface area contributed by atoms with Crippen LogP contribution in [0, 0.1) is 6.92 Å². The van der Waals surface area contributed by atoms with Gasteiger partial charge in [0.1, 0.15) is 0 Å². The first kappa shape index (κ1) is 10.4. The van der Waals surface area contributed by atoms with Gasteiger partial charge in [-0.15, -0.1) is 10.2 Å².